The van der Waals surface area contributed by atoms with Gasteiger partial charge in [-0.25, -0.2) is 4.98 Å². The van der Waals surface area contributed by atoms with Crippen molar-refractivity contribution in [3.63, 3.8) is 0 Å². The molecule has 26 heavy (non-hydrogen) atoms. The fourth-order valence-corrected chi connectivity index (χ4v) is 2.85. The zero-order valence-corrected chi connectivity index (χ0v) is 15.7. The first kappa shape index (κ1) is 17.9. The molecule has 0 saturated carbocycles. The van der Waals surface area contributed by atoms with E-state index in [0.29, 0.717) is 0 Å². The highest BCUT2D eigenvalue weighted by Crippen LogP contribution is 2.23. The van der Waals surface area contributed by atoms with Crippen LogP contribution in [-0.4, -0.2) is 14.5 Å². The van der Waals surface area contributed by atoms with Gasteiger partial charge in [0, 0.05) is 29.5 Å². The van der Waals surface area contributed by atoms with Gasteiger partial charge in [-0.3, -0.25) is 9.55 Å². The molecule has 1 aliphatic rings. The van der Waals surface area contributed by atoms with E-state index in [9.17, 15) is 0 Å². The van der Waals surface area contributed by atoms with Gasteiger partial charge in [-0.05, 0) is 43.2 Å². The van der Waals surface area contributed by atoms with Gasteiger partial charge in [-0.15, -0.1) is 0 Å². The Bertz CT molecular complexity index is 957. The largest absolute Gasteiger partial charge is 0.300 e. The van der Waals surface area contributed by atoms with Crippen LogP contribution < -0.4 is 0 Å². The molecule has 0 atom stereocenters. The summed E-state index contributed by atoms with van der Waals surface area (Å²) in [5.74, 6) is 0.905. The van der Waals surface area contributed by atoms with Crippen molar-refractivity contribution in [2.75, 3.05) is 0 Å². The fraction of sp³-hybridized carbons (Fsp3) is 0.217. The van der Waals surface area contributed by atoms with E-state index in [2.05, 4.69) is 77.8 Å². The van der Waals surface area contributed by atoms with Crippen molar-refractivity contribution < 1.29 is 0 Å². The van der Waals surface area contributed by atoms with E-state index < -0.39 is 0 Å². The van der Waals surface area contributed by atoms with Gasteiger partial charge in [0.05, 0.1) is 11.7 Å². The Morgan fingerprint density at radius 1 is 1.08 bits per heavy atom. The van der Waals surface area contributed by atoms with Gasteiger partial charge in [0.2, 0.25) is 0 Å². The summed E-state index contributed by atoms with van der Waals surface area (Å²) in [7, 11) is 0. The van der Waals surface area contributed by atoms with Crippen LogP contribution >= 0.6 is 0 Å². The smallest absolute Gasteiger partial charge is 0.137 e. The minimum atomic E-state index is 0.905. The highest BCUT2D eigenvalue weighted by molar-refractivity contribution is 5.81. The minimum Gasteiger partial charge on any atom is -0.300 e. The van der Waals surface area contributed by atoms with Crippen molar-refractivity contribution in [3.8, 4) is 5.82 Å². The molecule has 1 aliphatic carbocycles. The third kappa shape index (κ3) is 3.99. The van der Waals surface area contributed by atoms with Crippen LogP contribution in [0.15, 0.2) is 78.9 Å². The van der Waals surface area contributed by atoms with E-state index in [1.54, 1.807) is 0 Å². The molecule has 0 fully saturated rings. The van der Waals surface area contributed by atoms with E-state index in [1.165, 1.54) is 23.0 Å². The van der Waals surface area contributed by atoms with Gasteiger partial charge in [-0.1, -0.05) is 50.1 Å². The van der Waals surface area contributed by atoms with Gasteiger partial charge in [0.25, 0.3) is 0 Å². The average molecular weight is 343 g/mol. The third-order valence-electron chi connectivity index (χ3n) is 4.08. The van der Waals surface area contributed by atoms with Crippen molar-refractivity contribution >= 4 is 16.5 Å². The maximum atomic E-state index is 4.64. The first-order valence-corrected chi connectivity index (χ1v) is 9.14. The van der Waals surface area contributed by atoms with Crippen LogP contribution in [0.25, 0.3) is 22.3 Å². The van der Waals surface area contributed by atoms with Crippen molar-refractivity contribution in [1.82, 2.24) is 14.5 Å². The number of fused-ring (bicyclic) bond motifs is 1. The molecule has 3 aromatic heterocycles. The highest BCUT2D eigenvalue weighted by Gasteiger charge is 2.06. The van der Waals surface area contributed by atoms with Crippen LogP contribution in [0.5, 0.6) is 0 Å². The number of hydrogen-bond donors (Lipinski definition) is 0. The number of pyridine rings is 2. The van der Waals surface area contributed by atoms with Crippen LogP contribution in [0, 0.1) is 0 Å². The summed E-state index contributed by atoms with van der Waals surface area (Å²) in [6.07, 6.45) is 18.6. The van der Waals surface area contributed by atoms with Crippen molar-refractivity contribution in [2.24, 2.45) is 0 Å². The van der Waals surface area contributed by atoms with Crippen LogP contribution in [0.2, 0.25) is 0 Å². The predicted molar refractivity (Wildman–Crippen MR) is 110 cm³/mol. The van der Waals surface area contributed by atoms with E-state index in [1.807, 2.05) is 30.9 Å². The Hall–Kier alpha value is -2.94. The number of rotatable bonds is 2. The average Bonchev–Trinajstić information content (AvgIpc) is 2.97. The summed E-state index contributed by atoms with van der Waals surface area (Å²) in [6.45, 7) is 6.41. The molecule has 0 bridgehead atoms. The van der Waals surface area contributed by atoms with E-state index >= 15 is 0 Å². The molecule has 132 valence electrons. The lowest BCUT2D eigenvalue weighted by atomic mass is 10.1. The second kappa shape index (κ2) is 8.43. The highest BCUT2D eigenvalue weighted by atomic mass is 15.1. The molecule has 0 spiro atoms. The Labute approximate surface area is 155 Å². The van der Waals surface area contributed by atoms with Crippen LogP contribution in [0.3, 0.4) is 0 Å². The van der Waals surface area contributed by atoms with Crippen LogP contribution in [-0.2, 0) is 0 Å². The number of aromatic nitrogens is 3. The fourth-order valence-electron chi connectivity index (χ4n) is 2.85. The molecule has 4 rings (SSSR count). The molecule has 0 radical (unpaired) electrons. The Morgan fingerprint density at radius 2 is 1.92 bits per heavy atom. The maximum Gasteiger partial charge on any atom is 0.137 e. The first-order valence-electron chi connectivity index (χ1n) is 9.14. The summed E-state index contributed by atoms with van der Waals surface area (Å²) >= 11 is 0. The van der Waals surface area contributed by atoms with Gasteiger partial charge in [-0.2, -0.15) is 0 Å². The molecule has 3 heteroatoms. The van der Waals surface area contributed by atoms with Gasteiger partial charge in [0.15, 0.2) is 0 Å². The van der Waals surface area contributed by atoms with E-state index in [0.717, 1.165) is 23.3 Å². The lowest BCUT2D eigenvalue weighted by Crippen LogP contribution is -1.96. The monoisotopic (exact) mass is 343 g/mol. The Kier molecular flexibility index (Phi) is 5.80. The topological polar surface area (TPSA) is 30.7 Å². The van der Waals surface area contributed by atoms with Crippen molar-refractivity contribution in [3.05, 3.63) is 84.5 Å². The van der Waals surface area contributed by atoms with Gasteiger partial charge >= 0.3 is 0 Å². The van der Waals surface area contributed by atoms with Gasteiger partial charge < -0.3 is 0 Å². The molecule has 3 nitrogen and oxygen atoms in total. The molecule has 0 aliphatic heterocycles. The number of nitrogens with zero attached hydrogens (tertiary/aromatic N) is 3. The zero-order valence-electron chi connectivity index (χ0n) is 15.7. The number of allylic oxidation sites excluding steroid dienone is 6. The lowest BCUT2D eigenvalue weighted by Gasteiger charge is -2.07. The second-order valence-electron chi connectivity index (χ2n) is 6.48. The van der Waals surface area contributed by atoms with Gasteiger partial charge in [0.1, 0.15) is 5.82 Å². The van der Waals surface area contributed by atoms with Crippen LogP contribution in [0.1, 0.15) is 39.2 Å². The molecule has 3 heterocycles. The maximum absolute atomic E-state index is 4.64. The summed E-state index contributed by atoms with van der Waals surface area (Å²) < 4.78 is 2.06. The third-order valence-corrected chi connectivity index (χ3v) is 4.08. The standard InChI is InChI=1S/C20H17N3.C3H8/c1-15-4-2-3-5-17(12-15)18-6-7-20(22-13-18)23-11-9-16-8-10-21-14-19(16)23;1-3-2/h2-3,5-14H,4H2,1H3;3H2,1-2H3. The molecule has 0 N–H and O–H groups in total. The SMILES string of the molecule is CC1=CC(c2ccc(-n3ccc4ccncc43)nc2)=CC=CC1.CCC. The minimum absolute atomic E-state index is 0.905. The summed E-state index contributed by atoms with van der Waals surface area (Å²) in [6, 6.07) is 8.27. The predicted octanol–water partition coefficient (Wildman–Crippen LogP) is 6.13. The molecule has 0 unspecified atom stereocenters. The van der Waals surface area contributed by atoms with E-state index in [-0.39, 0.29) is 0 Å². The molecule has 0 amide bonds. The zero-order chi connectivity index (χ0) is 18.4. The summed E-state index contributed by atoms with van der Waals surface area (Å²) in [4.78, 5) is 8.85. The van der Waals surface area contributed by atoms with Crippen molar-refractivity contribution in [1.29, 1.82) is 0 Å². The summed E-state index contributed by atoms with van der Waals surface area (Å²) in [5.41, 5.74) is 4.76. The first-order chi connectivity index (χ1) is 12.7. The molecular weight excluding hydrogens is 318 g/mol. The molecular formula is C23H25N3. The number of hydrogen-bond acceptors (Lipinski definition) is 2. The summed E-state index contributed by atoms with van der Waals surface area (Å²) in [5, 5.41) is 1.17. The van der Waals surface area contributed by atoms with Crippen LogP contribution in [0.4, 0.5) is 0 Å². The molecule has 0 saturated heterocycles. The second-order valence-corrected chi connectivity index (χ2v) is 6.48. The Balaban J connectivity index is 0.000000613. The quantitative estimate of drug-likeness (QED) is 0.560. The lowest BCUT2D eigenvalue weighted by molar-refractivity contribution is 1.04. The Morgan fingerprint density at radius 3 is 2.69 bits per heavy atom. The van der Waals surface area contributed by atoms with E-state index in [4.69, 9.17) is 0 Å². The molecule has 3 aromatic rings. The van der Waals surface area contributed by atoms with Crippen molar-refractivity contribution in [2.45, 2.75) is 33.6 Å². The molecule has 0 aromatic carbocycles. The normalized spacial score (nSPS) is 13.5.